The van der Waals surface area contributed by atoms with E-state index in [-0.39, 0.29) is 5.91 Å². The molecule has 0 radical (unpaired) electrons. The summed E-state index contributed by atoms with van der Waals surface area (Å²) in [7, 11) is 1.90. The maximum Gasteiger partial charge on any atom is 0.222 e. The van der Waals surface area contributed by atoms with Gasteiger partial charge >= 0.3 is 0 Å². The van der Waals surface area contributed by atoms with Crippen LogP contribution in [0.4, 0.5) is 0 Å². The highest BCUT2D eigenvalue weighted by Crippen LogP contribution is 2.13. The maximum absolute atomic E-state index is 11.8. The second kappa shape index (κ2) is 15.4. The molecule has 0 aliphatic carbocycles. The Labute approximate surface area is 167 Å². The molecule has 27 heavy (non-hydrogen) atoms. The van der Waals surface area contributed by atoms with E-state index in [0.29, 0.717) is 12.5 Å². The maximum atomic E-state index is 11.8. The lowest BCUT2D eigenvalue weighted by Crippen LogP contribution is -2.40. The molecule has 0 aromatic heterocycles. The van der Waals surface area contributed by atoms with Crippen molar-refractivity contribution in [1.82, 2.24) is 9.80 Å². The number of carbonyl (C=O) groups excluding carboxylic acids is 1. The zero-order chi connectivity index (χ0) is 20.7. The molecule has 0 aromatic carbocycles. The monoisotopic (exact) mass is 375 g/mol. The Bertz CT molecular complexity index is 508. The van der Waals surface area contributed by atoms with Gasteiger partial charge < -0.3 is 4.90 Å². The van der Waals surface area contributed by atoms with Gasteiger partial charge in [-0.1, -0.05) is 51.2 Å². The van der Waals surface area contributed by atoms with E-state index in [0.717, 1.165) is 57.4 Å². The van der Waals surface area contributed by atoms with Crippen molar-refractivity contribution in [2.45, 2.75) is 65.8 Å². The van der Waals surface area contributed by atoms with E-state index in [9.17, 15) is 4.79 Å². The number of allylic oxidation sites excluding steroid dienone is 3. The number of aliphatic imine (C=N–C) groups is 1. The smallest absolute Gasteiger partial charge is 0.222 e. The van der Waals surface area contributed by atoms with Crippen LogP contribution in [0.2, 0.25) is 0 Å². The topological polar surface area (TPSA) is 35.9 Å². The predicted octanol–water partition coefficient (Wildman–Crippen LogP) is 4.88. The van der Waals surface area contributed by atoms with Crippen LogP contribution in [-0.4, -0.2) is 61.2 Å². The first kappa shape index (κ1) is 25.3. The molecule has 0 N–H and O–H groups in total. The van der Waals surface area contributed by atoms with Crippen molar-refractivity contribution in [1.29, 1.82) is 0 Å². The Balaban J connectivity index is 4.78. The molecule has 0 saturated carbocycles. The van der Waals surface area contributed by atoms with Crippen molar-refractivity contribution >= 4 is 12.1 Å². The van der Waals surface area contributed by atoms with Gasteiger partial charge in [0, 0.05) is 45.4 Å². The minimum atomic E-state index is 0.213. The molecule has 0 fully saturated rings. The largest absolute Gasteiger partial charge is 0.346 e. The molecule has 1 amide bonds. The van der Waals surface area contributed by atoms with Crippen LogP contribution in [0.15, 0.2) is 41.4 Å². The third-order valence-corrected chi connectivity index (χ3v) is 4.85. The molecule has 1 atom stereocenters. The fourth-order valence-corrected chi connectivity index (χ4v) is 2.87. The first-order chi connectivity index (χ1) is 12.8. The minimum Gasteiger partial charge on any atom is -0.346 e. The molecular weight excluding hydrogens is 334 g/mol. The first-order valence-corrected chi connectivity index (χ1v) is 10.3. The van der Waals surface area contributed by atoms with Crippen molar-refractivity contribution in [3.63, 3.8) is 0 Å². The van der Waals surface area contributed by atoms with E-state index in [1.807, 2.05) is 44.2 Å². The summed E-state index contributed by atoms with van der Waals surface area (Å²) in [6.45, 7) is 19.8. The Morgan fingerprint density at radius 1 is 1.11 bits per heavy atom. The minimum absolute atomic E-state index is 0.213. The van der Waals surface area contributed by atoms with Gasteiger partial charge in [0.2, 0.25) is 5.91 Å². The standard InChI is InChI=1S/C23H41N3O/c1-8-21(6)13-18-26(19-16-24-15-11-12-20(4)5)22(9-2)14-17-25(7)23(27)10-3/h11-12,15,22H,4,6,8-10,13-14,16-19H2,1-3,5,7H3/b12-11-,24-15?. The second-order valence-corrected chi connectivity index (χ2v) is 7.17. The number of rotatable bonds is 15. The van der Waals surface area contributed by atoms with E-state index in [4.69, 9.17) is 0 Å². The molecule has 0 heterocycles. The van der Waals surface area contributed by atoms with Crippen LogP contribution >= 0.6 is 0 Å². The van der Waals surface area contributed by atoms with Crippen LogP contribution in [0.25, 0.3) is 0 Å². The number of hydrogen-bond acceptors (Lipinski definition) is 3. The average Bonchev–Trinajstić information content (AvgIpc) is 2.66. The normalized spacial score (nSPS) is 12.8. The summed E-state index contributed by atoms with van der Waals surface area (Å²) in [4.78, 5) is 20.7. The van der Waals surface area contributed by atoms with Gasteiger partial charge in [-0.15, -0.1) is 0 Å². The zero-order valence-electron chi connectivity index (χ0n) is 18.3. The Morgan fingerprint density at radius 3 is 2.37 bits per heavy atom. The molecule has 0 aromatic rings. The Kier molecular flexibility index (Phi) is 14.4. The van der Waals surface area contributed by atoms with Crippen LogP contribution in [0, 0.1) is 0 Å². The summed E-state index contributed by atoms with van der Waals surface area (Å²) in [6.07, 6.45) is 10.4. The molecular formula is C23H41N3O. The van der Waals surface area contributed by atoms with Gasteiger partial charge in [-0.05, 0) is 38.7 Å². The number of nitrogens with zero attached hydrogens (tertiary/aromatic N) is 3. The van der Waals surface area contributed by atoms with E-state index >= 15 is 0 Å². The second-order valence-electron chi connectivity index (χ2n) is 7.17. The third kappa shape index (κ3) is 12.4. The molecule has 0 bridgehead atoms. The molecule has 0 saturated heterocycles. The zero-order valence-corrected chi connectivity index (χ0v) is 18.3. The molecule has 1 unspecified atom stereocenters. The highest BCUT2D eigenvalue weighted by molar-refractivity contribution is 5.75. The van der Waals surface area contributed by atoms with Gasteiger partial charge in [0.1, 0.15) is 0 Å². The van der Waals surface area contributed by atoms with Crippen molar-refractivity contribution in [2.24, 2.45) is 4.99 Å². The van der Waals surface area contributed by atoms with Crippen LogP contribution in [0.5, 0.6) is 0 Å². The summed E-state index contributed by atoms with van der Waals surface area (Å²) in [5.74, 6) is 0.213. The number of carbonyl (C=O) groups is 1. The molecule has 4 nitrogen and oxygen atoms in total. The summed E-state index contributed by atoms with van der Waals surface area (Å²) >= 11 is 0. The summed E-state index contributed by atoms with van der Waals surface area (Å²) < 4.78 is 0. The van der Waals surface area contributed by atoms with E-state index in [1.165, 1.54) is 5.57 Å². The third-order valence-electron chi connectivity index (χ3n) is 4.85. The van der Waals surface area contributed by atoms with Gasteiger partial charge in [0.05, 0.1) is 6.54 Å². The molecule has 4 heteroatoms. The number of amides is 1. The van der Waals surface area contributed by atoms with E-state index in [2.05, 4.69) is 36.9 Å². The van der Waals surface area contributed by atoms with E-state index < -0.39 is 0 Å². The lowest BCUT2D eigenvalue weighted by Gasteiger charge is -2.32. The SMILES string of the molecule is C=C(C)/C=C\C=NCCN(CCC(=C)CC)C(CC)CCN(C)C(=O)CC. The molecule has 0 aliphatic heterocycles. The molecule has 0 aliphatic rings. The fourth-order valence-electron chi connectivity index (χ4n) is 2.87. The van der Waals surface area contributed by atoms with E-state index in [1.54, 1.807) is 0 Å². The summed E-state index contributed by atoms with van der Waals surface area (Å²) in [5, 5.41) is 0. The summed E-state index contributed by atoms with van der Waals surface area (Å²) in [5.41, 5.74) is 2.32. The lowest BCUT2D eigenvalue weighted by molar-refractivity contribution is -0.129. The highest BCUT2D eigenvalue weighted by atomic mass is 16.2. The van der Waals surface area contributed by atoms with Gasteiger partial charge in [0.25, 0.3) is 0 Å². The van der Waals surface area contributed by atoms with Crippen LogP contribution in [0.3, 0.4) is 0 Å². The molecule has 0 rings (SSSR count). The van der Waals surface area contributed by atoms with Crippen LogP contribution < -0.4 is 0 Å². The number of hydrogen-bond donors (Lipinski definition) is 0. The van der Waals surface area contributed by atoms with Gasteiger partial charge in [-0.3, -0.25) is 14.7 Å². The predicted molar refractivity (Wildman–Crippen MR) is 120 cm³/mol. The Morgan fingerprint density at radius 2 is 1.81 bits per heavy atom. The van der Waals surface area contributed by atoms with Crippen molar-refractivity contribution in [2.75, 3.05) is 33.2 Å². The van der Waals surface area contributed by atoms with Crippen molar-refractivity contribution < 1.29 is 4.79 Å². The lowest BCUT2D eigenvalue weighted by atomic mass is 10.1. The highest BCUT2D eigenvalue weighted by Gasteiger charge is 2.18. The van der Waals surface area contributed by atoms with Crippen molar-refractivity contribution in [3.8, 4) is 0 Å². The average molecular weight is 376 g/mol. The molecule has 154 valence electrons. The first-order valence-electron chi connectivity index (χ1n) is 10.3. The van der Waals surface area contributed by atoms with Gasteiger partial charge in [0.15, 0.2) is 0 Å². The Hall–Kier alpha value is -1.68. The summed E-state index contributed by atoms with van der Waals surface area (Å²) in [6, 6.07) is 0.461. The van der Waals surface area contributed by atoms with Gasteiger partial charge in [-0.25, -0.2) is 0 Å². The van der Waals surface area contributed by atoms with Crippen LogP contribution in [-0.2, 0) is 4.79 Å². The van der Waals surface area contributed by atoms with Gasteiger partial charge in [-0.2, -0.15) is 0 Å². The molecule has 0 spiro atoms. The fraction of sp³-hybridized carbons (Fsp3) is 0.652. The van der Waals surface area contributed by atoms with Crippen molar-refractivity contribution in [3.05, 3.63) is 36.5 Å². The van der Waals surface area contributed by atoms with Crippen LogP contribution in [0.1, 0.15) is 59.8 Å². The quantitative estimate of drug-likeness (QED) is 0.232.